The molecule has 0 heterocycles. The molecule has 0 radical (unpaired) electrons. The van der Waals surface area contributed by atoms with Gasteiger partial charge in [-0.05, 0) is 25.1 Å². The second-order valence-corrected chi connectivity index (χ2v) is 6.25. The van der Waals surface area contributed by atoms with Crippen molar-refractivity contribution in [1.82, 2.24) is 4.31 Å². The number of likely N-dealkylation sites (N-methyl/N-ethyl adjacent to an activating group) is 1. The van der Waals surface area contributed by atoms with Gasteiger partial charge in [-0.25, -0.2) is 13.2 Å². The van der Waals surface area contributed by atoms with E-state index < -0.39 is 27.3 Å². The molecule has 0 spiro atoms. The van der Waals surface area contributed by atoms with Crippen LogP contribution in [0.25, 0.3) is 0 Å². The summed E-state index contributed by atoms with van der Waals surface area (Å²) in [7, 11) is -2.44. The molecule has 104 valence electrons. The Bertz CT molecular complexity index is 621. The predicted molar refractivity (Wildman–Crippen MR) is 69.7 cm³/mol. The van der Waals surface area contributed by atoms with E-state index in [9.17, 15) is 18.3 Å². The number of sulfonamides is 1. The minimum atomic E-state index is -3.81. The Morgan fingerprint density at radius 1 is 1.42 bits per heavy atom. The van der Waals surface area contributed by atoms with E-state index in [1.807, 2.05) is 0 Å². The standard InChI is InChI=1S/C12H15NO5S/c1-8(2)7-13(3)19(17,18)9-4-5-11(14)10(6-9)12(15)16/h4-6,14H,1,7H2,2-3H3,(H,15,16). The molecule has 0 atom stereocenters. The maximum atomic E-state index is 12.2. The second kappa shape index (κ2) is 5.41. The first-order chi connectivity index (χ1) is 8.66. The van der Waals surface area contributed by atoms with Gasteiger partial charge in [0.25, 0.3) is 0 Å². The van der Waals surface area contributed by atoms with E-state index in [4.69, 9.17) is 5.11 Å². The molecular weight excluding hydrogens is 270 g/mol. The summed E-state index contributed by atoms with van der Waals surface area (Å²) >= 11 is 0. The van der Waals surface area contributed by atoms with Crippen LogP contribution in [0.2, 0.25) is 0 Å². The fourth-order valence-corrected chi connectivity index (χ4v) is 2.75. The molecule has 19 heavy (non-hydrogen) atoms. The summed E-state index contributed by atoms with van der Waals surface area (Å²) in [5.74, 6) is -1.87. The first kappa shape index (κ1) is 15.2. The lowest BCUT2D eigenvalue weighted by Gasteiger charge is -2.17. The number of carbonyl (C=O) groups is 1. The number of aromatic hydroxyl groups is 1. The fraction of sp³-hybridized carbons (Fsp3) is 0.250. The van der Waals surface area contributed by atoms with Crippen molar-refractivity contribution >= 4 is 16.0 Å². The van der Waals surface area contributed by atoms with E-state index in [0.717, 1.165) is 22.5 Å². The Morgan fingerprint density at radius 2 is 2.00 bits per heavy atom. The highest BCUT2D eigenvalue weighted by molar-refractivity contribution is 7.89. The molecule has 0 saturated carbocycles. The van der Waals surface area contributed by atoms with E-state index in [-0.39, 0.29) is 11.4 Å². The minimum absolute atomic E-state index is 0.131. The highest BCUT2D eigenvalue weighted by Crippen LogP contribution is 2.23. The average molecular weight is 285 g/mol. The topological polar surface area (TPSA) is 94.9 Å². The minimum Gasteiger partial charge on any atom is -0.507 e. The number of nitrogens with zero attached hydrogens (tertiary/aromatic N) is 1. The highest BCUT2D eigenvalue weighted by Gasteiger charge is 2.23. The zero-order valence-corrected chi connectivity index (χ0v) is 11.4. The zero-order chi connectivity index (χ0) is 14.8. The Kier molecular flexibility index (Phi) is 4.33. The number of rotatable bonds is 5. The Balaban J connectivity index is 3.26. The number of aromatic carboxylic acids is 1. The van der Waals surface area contributed by atoms with Gasteiger partial charge >= 0.3 is 5.97 Å². The number of hydrogen-bond donors (Lipinski definition) is 2. The maximum absolute atomic E-state index is 12.2. The molecule has 1 aromatic rings. The van der Waals surface area contributed by atoms with E-state index in [1.54, 1.807) is 6.92 Å². The molecule has 1 aromatic carbocycles. The van der Waals surface area contributed by atoms with Crippen LogP contribution in [0.1, 0.15) is 17.3 Å². The third kappa shape index (κ3) is 3.33. The largest absolute Gasteiger partial charge is 0.507 e. The smallest absolute Gasteiger partial charge is 0.339 e. The molecule has 0 bridgehead atoms. The second-order valence-electron chi connectivity index (χ2n) is 4.20. The molecule has 0 aliphatic heterocycles. The third-order valence-electron chi connectivity index (χ3n) is 2.40. The van der Waals surface area contributed by atoms with Gasteiger partial charge in [-0.2, -0.15) is 4.31 Å². The molecule has 0 amide bonds. The van der Waals surface area contributed by atoms with Crippen LogP contribution in [0.5, 0.6) is 5.75 Å². The van der Waals surface area contributed by atoms with Gasteiger partial charge in [0, 0.05) is 13.6 Å². The number of carboxylic acid groups (broad SMARTS) is 1. The quantitative estimate of drug-likeness (QED) is 0.795. The lowest BCUT2D eigenvalue weighted by atomic mass is 10.2. The van der Waals surface area contributed by atoms with E-state index in [0.29, 0.717) is 5.57 Å². The number of benzene rings is 1. The SMILES string of the molecule is C=C(C)CN(C)S(=O)(=O)c1ccc(O)c(C(=O)O)c1. The van der Waals surface area contributed by atoms with Crippen molar-refractivity contribution in [2.45, 2.75) is 11.8 Å². The van der Waals surface area contributed by atoms with Crippen molar-refractivity contribution in [1.29, 1.82) is 0 Å². The number of phenols is 1. The van der Waals surface area contributed by atoms with Gasteiger partial charge in [0.1, 0.15) is 11.3 Å². The fourth-order valence-electron chi connectivity index (χ4n) is 1.49. The van der Waals surface area contributed by atoms with Crippen LogP contribution >= 0.6 is 0 Å². The summed E-state index contributed by atoms with van der Waals surface area (Å²) in [5.41, 5.74) is 0.202. The van der Waals surface area contributed by atoms with Gasteiger partial charge in [0.15, 0.2) is 0 Å². The lowest BCUT2D eigenvalue weighted by Crippen LogP contribution is -2.28. The summed E-state index contributed by atoms with van der Waals surface area (Å²) in [6.07, 6.45) is 0. The highest BCUT2D eigenvalue weighted by atomic mass is 32.2. The molecule has 0 aliphatic carbocycles. The first-order valence-electron chi connectivity index (χ1n) is 5.33. The summed E-state index contributed by atoms with van der Waals surface area (Å²) < 4.78 is 25.4. The van der Waals surface area contributed by atoms with Crippen LogP contribution in [-0.4, -0.2) is 42.5 Å². The maximum Gasteiger partial charge on any atom is 0.339 e. The van der Waals surface area contributed by atoms with Gasteiger partial charge in [0.05, 0.1) is 4.90 Å². The summed E-state index contributed by atoms with van der Waals surface area (Å²) in [5, 5.41) is 18.2. The molecule has 0 fully saturated rings. The van der Waals surface area contributed by atoms with Crippen LogP contribution in [0.15, 0.2) is 35.2 Å². The number of hydrogen-bond acceptors (Lipinski definition) is 4. The first-order valence-corrected chi connectivity index (χ1v) is 6.77. The summed E-state index contributed by atoms with van der Waals surface area (Å²) in [6.45, 7) is 5.44. The van der Waals surface area contributed by atoms with Crippen molar-refractivity contribution in [3.63, 3.8) is 0 Å². The molecule has 7 heteroatoms. The lowest BCUT2D eigenvalue weighted by molar-refractivity contribution is 0.0693. The Hall–Kier alpha value is -1.86. The van der Waals surface area contributed by atoms with Crippen LogP contribution in [-0.2, 0) is 10.0 Å². The van der Waals surface area contributed by atoms with Crippen LogP contribution < -0.4 is 0 Å². The molecule has 0 unspecified atom stereocenters. The molecule has 6 nitrogen and oxygen atoms in total. The molecular formula is C12H15NO5S. The Labute approximate surface area is 111 Å². The van der Waals surface area contributed by atoms with Gasteiger partial charge < -0.3 is 10.2 Å². The van der Waals surface area contributed by atoms with Crippen LogP contribution in [0.4, 0.5) is 0 Å². The van der Waals surface area contributed by atoms with Gasteiger partial charge in [-0.3, -0.25) is 0 Å². The van der Waals surface area contributed by atoms with E-state index >= 15 is 0 Å². The molecule has 2 N–H and O–H groups in total. The van der Waals surface area contributed by atoms with Crippen LogP contribution in [0.3, 0.4) is 0 Å². The predicted octanol–water partition coefficient (Wildman–Crippen LogP) is 1.29. The van der Waals surface area contributed by atoms with Gasteiger partial charge in [-0.1, -0.05) is 12.2 Å². The van der Waals surface area contributed by atoms with E-state index in [1.165, 1.54) is 7.05 Å². The van der Waals surface area contributed by atoms with Crippen molar-refractivity contribution in [3.8, 4) is 5.75 Å². The van der Waals surface area contributed by atoms with Gasteiger partial charge in [-0.15, -0.1) is 0 Å². The average Bonchev–Trinajstić information content (AvgIpc) is 2.27. The molecule has 1 rings (SSSR count). The number of carboxylic acids is 1. The van der Waals surface area contributed by atoms with Crippen molar-refractivity contribution in [2.75, 3.05) is 13.6 Å². The van der Waals surface area contributed by atoms with Crippen molar-refractivity contribution in [2.24, 2.45) is 0 Å². The van der Waals surface area contributed by atoms with E-state index in [2.05, 4.69) is 6.58 Å². The third-order valence-corrected chi connectivity index (χ3v) is 4.20. The summed E-state index contributed by atoms with van der Waals surface area (Å²) in [6, 6.07) is 3.14. The molecule has 0 saturated heterocycles. The Morgan fingerprint density at radius 3 is 2.47 bits per heavy atom. The molecule has 0 aromatic heterocycles. The zero-order valence-electron chi connectivity index (χ0n) is 10.6. The van der Waals surface area contributed by atoms with Crippen molar-refractivity contribution in [3.05, 3.63) is 35.9 Å². The summed E-state index contributed by atoms with van der Waals surface area (Å²) in [4.78, 5) is 10.7. The van der Waals surface area contributed by atoms with Gasteiger partial charge in [0.2, 0.25) is 10.0 Å². The van der Waals surface area contributed by atoms with Crippen LogP contribution in [0, 0.1) is 0 Å². The monoisotopic (exact) mass is 285 g/mol. The normalized spacial score (nSPS) is 11.5. The molecule has 0 aliphatic rings. The van der Waals surface area contributed by atoms with Crippen molar-refractivity contribution < 1.29 is 23.4 Å².